The van der Waals surface area contributed by atoms with Gasteiger partial charge in [-0.25, -0.2) is 4.39 Å². The van der Waals surface area contributed by atoms with Crippen LogP contribution < -0.4 is 10.1 Å². The zero-order valence-corrected chi connectivity index (χ0v) is 11.5. The lowest BCUT2D eigenvalue weighted by Crippen LogP contribution is -2.31. The first-order chi connectivity index (χ1) is 8.67. The Kier molecular flexibility index (Phi) is 6.09. The van der Waals surface area contributed by atoms with E-state index in [1.54, 1.807) is 13.2 Å². The molecule has 1 aromatic carbocycles. The third-order valence-corrected chi connectivity index (χ3v) is 3.09. The van der Waals surface area contributed by atoms with Crippen LogP contribution in [0.3, 0.4) is 0 Å². The van der Waals surface area contributed by atoms with Crippen molar-refractivity contribution in [1.29, 1.82) is 0 Å². The quantitative estimate of drug-likeness (QED) is 0.812. The molecule has 0 bridgehead atoms. The third-order valence-electron chi connectivity index (χ3n) is 3.09. The van der Waals surface area contributed by atoms with Crippen LogP contribution in [0.2, 0.25) is 0 Å². The van der Waals surface area contributed by atoms with E-state index in [1.165, 1.54) is 13.2 Å². The summed E-state index contributed by atoms with van der Waals surface area (Å²) in [5, 5.41) is 3.19. The van der Waals surface area contributed by atoms with Crippen molar-refractivity contribution in [3.8, 4) is 5.75 Å². The molecule has 0 radical (unpaired) electrons. The Labute approximate surface area is 108 Å². The van der Waals surface area contributed by atoms with Gasteiger partial charge in [-0.2, -0.15) is 0 Å². The number of rotatable bonds is 7. The lowest BCUT2D eigenvalue weighted by atomic mass is 9.98. The Balaban J connectivity index is 2.97. The van der Waals surface area contributed by atoms with Crippen LogP contribution in [0.5, 0.6) is 5.75 Å². The third kappa shape index (κ3) is 3.43. The van der Waals surface area contributed by atoms with E-state index in [0.717, 1.165) is 18.4 Å². The molecule has 2 atom stereocenters. The summed E-state index contributed by atoms with van der Waals surface area (Å²) in [4.78, 5) is 0. The minimum Gasteiger partial charge on any atom is -0.494 e. The summed E-state index contributed by atoms with van der Waals surface area (Å²) < 4.78 is 24.1. The fourth-order valence-electron chi connectivity index (χ4n) is 2.15. The molecule has 0 heterocycles. The van der Waals surface area contributed by atoms with E-state index < -0.39 is 0 Å². The van der Waals surface area contributed by atoms with Gasteiger partial charge in [0.15, 0.2) is 11.6 Å². The molecular formula is C14H22FNO2. The maximum Gasteiger partial charge on any atom is 0.165 e. The van der Waals surface area contributed by atoms with E-state index >= 15 is 0 Å². The largest absolute Gasteiger partial charge is 0.494 e. The Hall–Kier alpha value is -1.13. The maximum absolute atomic E-state index is 13.7. The summed E-state index contributed by atoms with van der Waals surface area (Å²) in [7, 11) is 5.00. The molecule has 0 aliphatic rings. The fourth-order valence-corrected chi connectivity index (χ4v) is 2.15. The predicted molar refractivity (Wildman–Crippen MR) is 70.5 cm³/mol. The number of hydrogen-bond donors (Lipinski definition) is 1. The Morgan fingerprint density at radius 1 is 1.33 bits per heavy atom. The Morgan fingerprint density at radius 2 is 2.06 bits per heavy atom. The van der Waals surface area contributed by atoms with Crippen LogP contribution >= 0.6 is 0 Å². The molecule has 0 amide bonds. The van der Waals surface area contributed by atoms with Crippen molar-refractivity contribution >= 4 is 0 Å². The topological polar surface area (TPSA) is 30.5 Å². The van der Waals surface area contributed by atoms with Crippen LogP contribution in [0, 0.1) is 5.82 Å². The molecule has 1 N–H and O–H groups in total. The predicted octanol–water partition coefficient (Wildman–Crippen LogP) is 2.91. The number of hydrogen-bond acceptors (Lipinski definition) is 3. The van der Waals surface area contributed by atoms with E-state index in [9.17, 15) is 4.39 Å². The van der Waals surface area contributed by atoms with Gasteiger partial charge in [0.1, 0.15) is 0 Å². The van der Waals surface area contributed by atoms with E-state index in [-0.39, 0.29) is 23.7 Å². The molecule has 0 aliphatic carbocycles. The van der Waals surface area contributed by atoms with Crippen molar-refractivity contribution in [2.24, 2.45) is 0 Å². The first-order valence-electron chi connectivity index (χ1n) is 6.21. The van der Waals surface area contributed by atoms with Gasteiger partial charge in [0.2, 0.25) is 0 Å². The van der Waals surface area contributed by atoms with Crippen molar-refractivity contribution in [2.45, 2.75) is 31.9 Å². The van der Waals surface area contributed by atoms with Crippen molar-refractivity contribution < 1.29 is 13.9 Å². The fraction of sp³-hybridized carbons (Fsp3) is 0.571. The van der Waals surface area contributed by atoms with Crippen molar-refractivity contribution in [2.75, 3.05) is 21.3 Å². The molecular weight excluding hydrogens is 233 g/mol. The highest BCUT2D eigenvalue weighted by molar-refractivity contribution is 5.31. The maximum atomic E-state index is 13.7. The molecule has 0 spiro atoms. The van der Waals surface area contributed by atoms with Gasteiger partial charge in [0, 0.05) is 7.11 Å². The van der Waals surface area contributed by atoms with Crippen LogP contribution in [-0.4, -0.2) is 27.4 Å². The lowest BCUT2D eigenvalue weighted by Gasteiger charge is -2.26. The second kappa shape index (κ2) is 7.34. The molecule has 0 fully saturated rings. The minimum absolute atomic E-state index is 0.0182. The monoisotopic (exact) mass is 255 g/mol. The SMILES string of the molecule is CCCC(OC)C(NC)c1ccc(OC)c(F)c1. The number of nitrogens with one attached hydrogen (secondary N) is 1. The highest BCUT2D eigenvalue weighted by atomic mass is 19.1. The second-order valence-corrected chi connectivity index (χ2v) is 4.22. The Morgan fingerprint density at radius 3 is 2.50 bits per heavy atom. The number of halogens is 1. The van der Waals surface area contributed by atoms with Crippen LogP contribution in [0.15, 0.2) is 18.2 Å². The summed E-state index contributed by atoms with van der Waals surface area (Å²) in [6, 6.07) is 5.00. The molecule has 2 unspecified atom stereocenters. The van der Waals surface area contributed by atoms with Crippen molar-refractivity contribution in [1.82, 2.24) is 5.32 Å². The first kappa shape index (κ1) is 14.9. The number of likely N-dealkylation sites (N-methyl/N-ethyl adjacent to an activating group) is 1. The standard InChI is InChI=1S/C14H22FNO2/c1-5-6-13(18-4)14(16-2)10-7-8-12(17-3)11(15)9-10/h7-9,13-14,16H,5-6H2,1-4H3. The van der Waals surface area contributed by atoms with E-state index in [1.807, 2.05) is 13.1 Å². The summed E-state index contributed by atoms with van der Waals surface area (Å²) in [6.07, 6.45) is 1.98. The van der Waals surface area contributed by atoms with Crippen molar-refractivity contribution in [3.63, 3.8) is 0 Å². The zero-order chi connectivity index (χ0) is 13.5. The minimum atomic E-state index is -0.346. The molecule has 1 rings (SSSR count). The van der Waals surface area contributed by atoms with Gasteiger partial charge in [0.05, 0.1) is 19.3 Å². The zero-order valence-electron chi connectivity index (χ0n) is 11.5. The highest BCUT2D eigenvalue weighted by Gasteiger charge is 2.21. The average molecular weight is 255 g/mol. The van der Waals surface area contributed by atoms with Crippen LogP contribution in [0.25, 0.3) is 0 Å². The average Bonchev–Trinajstić information content (AvgIpc) is 2.38. The van der Waals surface area contributed by atoms with Gasteiger partial charge in [-0.1, -0.05) is 19.4 Å². The molecule has 4 heteroatoms. The van der Waals surface area contributed by atoms with E-state index in [0.29, 0.717) is 0 Å². The molecule has 18 heavy (non-hydrogen) atoms. The van der Waals surface area contributed by atoms with E-state index in [2.05, 4.69) is 12.2 Å². The number of ether oxygens (including phenoxy) is 2. The molecule has 1 aromatic rings. The summed E-state index contributed by atoms with van der Waals surface area (Å²) in [5.41, 5.74) is 0.871. The molecule has 0 saturated heterocycles. The van der Waals surface area contributed by atoms with Crippen LogP contribution in [-0.2, 0) is 4.74 Å². The summed E-state index contributed by atoms with van der Waals surface area (Å²) in [6.45, 7) is 2.10. The second-order valence-electron chi connectivity index (χ2n) is 4.22. The van der Waals surface area contributed by atoms with E-state index in [4.69, 9.17) is 9.47 Å². The van der Waals surface area contributed by atoms with Gasteiger partial charge < -0.3 is 14.8 Å². The molecule has 0 aliphatic heterocycles. The Bertz CT molecular complexity index is 371. The van der Waals surface area contributed by atoms with Crippen LogP contribution in [0.1, 0.15) is 31.4 Å². The van der Waals surface area contributed by atoms with Gasteiger partial charge >= 0.3 is 0 Å². The van der Waals surface area contributed by atoms with Crippen LogP contribution in [0.4, 0.5) is 4.39 Å². The van der Waals surface area contributed by atoms with Gasteiger partial charge in [0.25, 0.3) is 0 Å². The highest BCUT2D eigenvalue weighted by Crippen LogP contribution is 2.26. The normalized spacial score (nSPS) is 14.3. The van der Waals surface area contributed by atoms with Gasteiger partial charge in [-0.3, -0.25) is 0 Å². The number of benzene rings is 1. The smallest absolute Gasteiger partial charge is 0.165 e. The van der Waals surface area contributed by atoms with Crippen molar-refractivity contribution in [3.05, 3.63) is 29.6 Å². The molecule has 102 valence electrons. The van der Waals surface area contributed by atoms with Gasteiger partial charge in [-0.15, -0.1) is 0 Å². The first-order valence-corrected chi connectivity index (χ1v) is 6.21. The molecule has 3 nitrogen and oxygen atoms in total. The summed E-state index contributed by atoms with van der Waals surface area (Å²) in [5.74, 6) is -0.0836. The lowest BCUT2D eigenvalue weighted by molar-refractivity contribution is 0.0629. The molecule has 0 aromatic heterocycles. The molecule has 0 saturated carbocycles. The summed E-state index contributed by atoms with van der Waals surface area (Å²) >= 11 is 0. The van der Waals surface area contributed by atoms with Gasteiger partial charge in [-0.05, 0) is 31.2 Å². The number of methoxy groups -OCH3 is 2.